The van der Waals surface area contributed by atoms with Crippen molar-refractivity contribution in [2.45, 2.75) is 12.2 Å². The topological polar surface area (TPSA) is 59.1 Å². The monoisotopic (exact) mass is 206 g/mol. The molecule has 0 aliphatic carbocycles. The van der Waals surface area contributed by atoms with Gasteiger partial charge in [0.25, 0.3) is 0 Å². The minimum atomic E-state index is -4.49. The average Bonchev–Trinajstić information content (AvgIpc) is 2.15. The molecule has 3 N–H and O–H groups in total. The molecule has 6 heteroatoms. The summed E-state index contributed by atoms with van der Waals surface area (Å²) in [6, 6.07) is 0.124. The third-order valence-electron chi connectivity index (χ3n) is 1.76. The number of pyridine rings is 1. The first-order valence-electron chi connectivity index (χ1n) is 3.84. The van der Waals surface area contributed by atoms with Crippen LogP contribution in [0.25, 0.3) is 0 Å². The Labute approximate surface area is 78.4 Å². The molecule has 0 amide bonds. The summed E-state index contributed by atoms with van der Waals surface area (Å²) in [5.74, 6) is 0. The van der Waals surface area contributed by atoms with Crippen LogP contribution in [0.2, 0.25) is 0 Å². The van der Waals surface area contributed by atoms with Crippen molar-refractivity contribution in [2.75, 3.05) is 6.61 Å². The van der Waals surface area contributed by atoms with Crippen molar-refractivity contribution in [3.05, 3.63) is 29.6 Å². The Bertz CT molecular complexity index is 314. The van der Waals surface area contributed by atoms with Gasteiger partial charge in [-0.3, -0.25) is 4.98 Å². The van der Waals surface area contributed by atoms with E-state index in [2.05, 4.69) is 4.98 Å². The lowest BCUT2D eigenvalue weighted by Crippen LogP contribution is -2.20. The number of halogens is 3. The maximum Gasteiger partial charge on any atom is 0.418 e. The zero-order valence-corrected chi connectivity index (χ0v) is 7.12. The first kappa shape index (κ1) is 10.9. The van der Waals surface area contributed by atoms with Gasteiger partial charge in [0.1, 0.15) is 0 Å². The molecule has 1 heterocycles. The van der Waals surface area contributed by atoms with Crippen LogP contribution in [0.1, 0.15) is 17.2 Å². The molecule has 0 radical (unpaired) electrons. The fourth-order valence-corrected chi connectivity index (χ4v) is 1.06. The van der Waals surface area contributed by atoms with Crippen LogP contribution in [-0.4, -0.2) is 16.7 Å². The molecule has 1 aromatic rings. The first-order chi connectivity index (χ1) is 6.46. The van der Waals surface area contributed by atoms with Gasteiger partial charge in [0.15, 0.2) is 0 Å². The first-order valence-corrected chi connectivity index (χ1v) is 3.84. The second-order valence-electron chi connectivity index (χ2n) is 2.75. The fraction of sp³-hybridized carbons (Fsp3) is 0.375. The molecule has 0 fully saturated rings. The van der Waals surface area contributed by atoms with Gasteiger partial charge in [0, 0.05) is 12.4 Å². The van der Waals surface area contributed by atoms with Gasteiger partial charge < -0.3 is 10.8 Å². The zero-order valence-electron chi connectivity index (χ0n) is 7.12. The summed E-state index contributed by atoms with van der Waals surface area (Å²) in [7, 11) is 0. The normalized spacial score (nSPS) is 14.1. The zero-order chi connectivity index (χ0) is 10.8. The highest BCUT2D eigenvalue weighted by atomic mass is 19.4. The molecule has 0 bridgehead atoms. The molecule has 0 aromatic carbocycles. The summed E-state index contributed by atoms with van der Waals surface area (Å²) < 4.78 is 37.1. The van der Waals surface area contributed by atoms with Crippen molar-refractivity contribution >= 4 is 0 Å². The van der Waals surface area contributed by atoms with E-state index in [4.69, 9.17) is 10.8 Å². The lowest BCUT2D eigenvalue weighted by atomic mass is 10.0. The molecule has 3 nitrogen and oxygen atoms in total. The summed E-state index contributed by atoms with van der Waals surface area (Å²) in [6.07, 6.45) is -2.58. The molecular formula is C8H9F3N2O. The van der Waals surface area contributed by atoms with E-state index >= 15 is 0 Å². The molecule has 0 saturated heterocycles. The predicted octanol–water partition coefficient (Wildman–Crippen LogP) is 1.09. The van der Waals surface area contributed by atoms with Crippen molar-refractivity contribution in [3.63, 3.8) is 0 Å². The van der Waals surface area contributed by atoms with Crippen LogP contribution >= 0.6 is 0 Å². The van der Waals surface area contributed by atoms with Crippen LogP contribution in [0.4, 0.5) is 13.2 Å². The van der Waals surface area contributed by atoms with Crippen LogP contribution in [0.3, 0.4) is 0 Å². The van der Waals surface area contributed by atoms with Crippen LogP contribution in [-0.2, 0) is 6.18 Å². The van der Waals surface area contributed by atoms with Gasteiger partial charge in [0.05, 0.1) is 18.2 Å². The summed E-state index contributed by atoms with van der Waals surface area (Å²) in [4.78, 5) is 3.37. The standard InChI is InChI=1S/C8H9F3N2O/c9-8(10,11)6-3-13-2-1-5(6)7(12)4-14/h1-3,7,14H,4,12H2/t7-/m0/s1. The second kappa shape index (κ2) is 3.93. The summed E-state index contributed by atoms with van der Waals surface area (Å²) in [5, 5.41) is 8.67. The van der Waals surface area contributed by atoms with Gasteiger partial charge in [-0.15, -0.1) is 0 Å². The predicted molar refractivity (Wildman–Crippen MR) is 43.3 cm³/mol. The Morgan fingerprint density at radius 1 is 1.50 bits per heavy atom. The molecule has 1 rings (SSSR count). The van der Waals surface area contributed by atoms with E-state index in [9.17, 15) is 13.2 Å². The molecular weight excluding hydrogens is 197 g/mol. The molecule has 0 unspecified atom stereocenters. The Morgan fingerprint density at radius 2 is 2.14 bits per heavy atom. The Balaban J connectivity index is 3.16. The van der Waals surface area contributed by atoms with Crippen molar-refractivity contribution in [1.82, 2.24) is 4.98 Å². The molecule has 0 spiro atoms. The number of hydrogen-bond acceptors (Lipinski definition) is 3. The number of rotatable bonds is 2. The minimum Gasteiger partial charge on any atom is -0.394 e. The van der Waals surface area contributed by atoms with E-state index in [1.807, 2.05) is 0 Å². The van der Waals surface area contributed by atoms with Crippen molar-refractivity contribution < 1.29 is 18.3 Å². The van der Waals surface area contributed by atoms with Gasteiger partial charge in [-0.1, -0.05) is 0 Å². The summed E-state index contributed by atoms with van der Waals surface area (Å²) >= 11 is 0. The Morgan fingerprint density at radius 3 is 2.64 bits per heavy atom. The van der Waals surface area contributed by atoms with Crippen LogP contribution in [0, 0.1) is 0 Å². The van der Waals surface area contributed by atoms with E-state index in [1.165, 1.54) is 6.20 Å². The van der Waals surface area contributed by atoms with Crippen LogP contribution < -0.4 is 5.73 Å². The Kier molecular flexibility index (Phi) is 3.07. The molecule has 1 aromatic heterocycles. The van der Waals surface area contributed by atoms with Gasteiger partial charge in [-0.25, -0.2) is 0 Å². The number of nitrogens with zero attached hydrogens (tertiary/aromatic N) is 1. The van der Waals surface area contributed by atoms with Crippen LogP contribution in [0.5, 0.6) is 0 Å². The summed E-state index contributed by atoms with van der Waals surface area (Å²) in [6.45, 7) is -0.535. The van der Waals surface area contributed by atoms with E-state index < -0.39 is 24.4 Å². The largest absolute Gasteiger partial charge is 0.418 e. The average molecular weight is 206 g/mol. The maximum atomic E-state index is 12.4. The van der Waals surface area contributed by atoms with E-state index in [-0.39, 0.29) is 5.56 Å². The fourth-order valence-electron chi connectivity index (χ4n) is 1.06. The third-order valence-corrected chi connectivity index (χ3v) is 1.76. The second-order valence-corrected chi connectivity index (χ2v) is 2.75. The van der Waals surface area contributed by atoms with Gasteiger partial charge >= 0.3 is 6.18 Å². The molecule has 0 aliphatic rings. The maximum absolute atomic E-state index is 12.4. The number of aromatic nitrogens is 1. The lowest BCUT2D eigenvalue weighted by Gasteiger charge is -2.15. The number of alkyl halides is 3. The highest BCUT2D eigenvalue weighted by Crippen LogP contribution is 2.33. The number of aliphatic hydroxyl groups is 1. The third kappa shape index (κ3) is 2.21. The lowest BCUT2D eigenvalue weighted by molar-refractivity contribution is -0.138. The summed E-state index contributed by atoms with van der Waals surface area (Å²) in [5.41, 5.74) is 4.27. The highest BCUT2D eigenvalue weighted by molar-refractivity contribution is 5.28. The highest BCUT2D eigenvalue weighted by Gasteiger charge is 2.34. The van der Waals surface area contributed by atoms with Gasteiger partial charge in [-0.05, 0) is 11.6 Å². The van der Waals surface area contributed by atoms with Crippen LogP contribution in [0.15, 0.2) is 18.5 Å². The smallest absolute Gasteiger partial charge is 0.394 e. The minimum absolute atomic E-state index is 0.144. The van der Waals surface area contributed by atoms with E-state index in [1.54, 1.807) is 0 Å². The molecule has 14 heavy (non-hydrogen) atoms. The molecule has 78 valence electrons. The molecule has 1 atom stereocenters. The van der Waals surface area contributed by atoms with Crippen molar-refractivity contribution in [1.29, 1.82) is 0 Å². The Hall–Kier alpha value is -1.14. The number of aliphatic hydroxyl groups excluding tert-OH is 1. The number of hydrogen-bond donors (Lipinski definition) is 2. The molecule has 0 aliphatic heterocycles. The van der Waals surface area contributed by atoms with Gasteiger partial charge in [-0.2, -0.15) is 13.2 Å². The van der Waals surface area contributed by atoms with E-state index in [0.717, 1.165) is 6.07 Å². The van der Waals surface area contributed by atoms with Gasteiger partial charge in [0.2, 0.25) is 0 Å². The SMILES string of the molecule is N[C@@H](CO)c1ccncc1C(F)(F)F. The van der Waals surface area contributed by atoms with E-state index in [0.29, 0.717) is 6.20 Å². The van der Waals surface area contributed by atoms with Crippen molar-refractivity contribution in [3.8, 4) is 0 Å². The quantitative estimate of drug-likeness (QED) is 0.761. The molecule has 0 saturated carbocycles. The number of nitrogens with two attached hydrogens (primary N) is 1. The van der Waals surface area contributed by atoms with Crippen molar-refractivity contribution in [2.24, 2.45) is 5.73 Å².